The van der Waals surface area contributed by atoms with E-state index < -0.39 is 0 Å². The van der Waals surface area contributed by atoms with Crippen LogP contribution in [0.5, 0.6) is 0 Å². The smallest absolute Gasteiger partial charge is 0.0701 e. The molecule has 0 saturated carbocycles. The highest BCUT2D eigenvalue weighted by molar-refractivity contribution is 4.43. The molecule has 0 aromatic carbocycles. The molecule has 0 aliphatic carbocycles. The van der Waals surface area contributed by atoms with E-state index in [2.05, 4.69) is 26.1 Å². The average Bonchev–Trinajstić information content (AvgIpc) is 2.15. The van der Waals surface area contributed by atoms with Crippen LogP contribution in [0.1, 0.15) is 27.2 Å². The van der Waals surface area contributed by atoms with Crippen molar-refractivity contribution in [2.45, 2.75) is 27.2 Å². The number of nitrogens with one attached hydrogen (secondary N) is 1. The van der Waals surface area contributed by atoms with E-state index in [0.29, 0.717) is 6.61 Å². The molecular formula is C11H25NO2. The fraction of sp³-hybridized carbons (Fsp3) is 1.00. The van der Waals surface area contributed by atoms with Gasteiger partial charge >= 0.3 is 0 Å². The summed E-state index contributed by atoms with van der Waals surface area (Å²) in [5.41, 5.74) is 0. The van der Waals surface area contributed by atoms with E-state index in [0.717, 1.165) is 45.2 Å². The summed E-state index contributed by atoms with van der Waals surface area (Å²) < 4.78 is 10.8. The molecular weight excluding hydrogens is 178 g/mol. The molecule has 0 saturated heterocycles. The van der Waals surface area contributed by atoms with Crippen LogP contribution in [0.15, 0.2) is 0 Å². The molecule has 3 heteroatoms. The first-order chi connectivity index (χ1) is 6.77. The minimum Gasteiger partial charge on any atom is -0.379 e. The third-order valence-electron chi connectivity index (χ3n) is 1.88. The Morgan fingerprint density at radius 3 is 2.21 bits per heavy atom. The summed E-state index contributed by atoms with van der Waals surface area (Å²) in [5, 5.41) is 3.20. The molecule has 0 rings (SSSR count). The Labute approximate surface area is 88.2 Å². The van der Waals surface area contributed by atoms with Gasteiger partial charge in [-0.15, -0.1) is 0 Å². The Morgan fingerprint density at radius 2 is 1.64 bits per heavy atom. The molecule has 0 spiro atoms. The van der Waals surface area contributed by atoms with Gasteiger partial charge in [-0.1, -0.05) is 20.8 Å². The summed E-state index contributed by atoms with van der Waals surface area (Å²) in [6.07, 6.45) is 1.14. The first-order valence-electron chi connectivity index (χ1n) is 5.63. The first kappa shape index (κ1) is 13.9. The van der Waals surface area contributed by atoms with Gasteiger partial charge < -0.3 is 14.8 Å². The normalized spacial score (nSPS) is 11.1. The Morgan fingerprint density at radius 1 is 1.00 bits per heavy atom. The maximum atomic E-state index is 5.41. The summed E-state index contributed by atoms with van der Waals surface area (Å²) in [7, 11) is 0. The lowest BCUT2D eigenvalue weighted by atomic mass is 10.1. The summed E-state index contributed by atoms with van der Waals surface area (Å²) in [5.74, 6) is 0.727. The van der Waals surface area contributed by atoms with E-state index in [1.165, 1.54) is 0 Å². The standard InChI is InChI=1S/C11H25NO2/c1-4-12-6-8-14-10-9-13-7-5-11(2)3/h11-12H,4-10H2,1-3H3. The molecule has 14 heavy (non-hydrogen) atoms. The lowest BCUT2D eigenvalue weighted by molar-refractivity contribution is 0.0451. The van der Waals surface area contributed by atoms with Gasteiger partial charge in [0.25, 0.3) is 0 Å². The van der Waals surface area contributed by atoms with E-state index in [1.54, 1.807) is 0 Å². The zero-order chi connectivity index (χ0) is 10.6. The summed E-state index contributed by atoms with van der Waals surface area (Å²) >= 11 is 0. The Balaban J connectivity index is 2.85. The van der Waals surface area contributed by atoms with Gasteiger partial charge in [0.2, 0.25) is 0 Å². The number of rotatable bonds is 10. The van der Waals surface area contributed by atoms with E-state index >= 15 is 0 Å². The molecule has 0 unspecified atom stereocenters. The van der Waals surface area contributed by atoms with Gasteiger partial charge in [-0.3, -0.25) is 0 Å². The van der Waals surface area contributed by atoms with Gasteiger partial charge in [0.1, 0.15) is 0 Å². The van der Waals surface area contributed by atoms with Crippen LogP contribution >= 0.6 is 0 Å². The van der Waals surface area contributed by atoms with E-state index in [4.69, 9.17) is 9.47 Å². The van der Waals surface area contributed by atoms with Gasteiger partial charge in [0, 0.05) is 13.2 Å². The topological polar surface area (TPSA) is 30.5 Å². The monoisotopic (exact) mass is 203 g/mol. The van der Waals surface area contributed by atoms with Gasteiger partial charge in [0.15, 0.2) is 0 Å². The van der Waals surface area contributed by atoms with Crippen molar-refractivity contribution in [2.75, 3.05) is 39.5 Å². The number of hydrogen-bond donors (Lipinski definition) is 1. The van der Waals surface area contributed by atoms with Crippen molar-refractivity contribution in [2.24, 2.45) is 5.92 Å². The van der Waals surface area contributed by atoms with Crippen LogP contribution in [0.25, 0.3) is 0 Å². The molecule has 0 atom stereocenters. The number of hydrogen-bond acceptors (Lipinski definition) is 3. The Kier molecular flexibility index (Phi) is 10.9. The Hall–Kier alpha value is -0.120. The molecule has 0 aromatic heterocycles. The lowest BCUT2D eigenvalue weighted by Gasteiger charge is -2.07. The average molecular weight is 203 g/mol. The van der Waals surface area contributed by atoms with E-state index in [1.807, 2.05) is 0 Å². The van der Waals surface area contributed by atoms with Crippen LogP contribution in [-0.2, 0) is 9.47 Å². The van der Waals surface area contributed by atoms with Crippen LogP contribution in [0.2, 0.25) is 0 Å². The van der Waals surface area contributed by atoms with Crippen LogP contribution in [-0.4, -0.2) is 39.5 Å². The zero-order valence-corrected chi connectivity index (χ0v) is 9.84. The van der Waals surface area contributed by atoms with Crippen molar-refractivity contribution in [3.63, 3.8) is 0 Å². The molecule has 0 aliphatic rings. The summed E-state index contributed by atoms with van der Waals surface area (Å²) in [4.78, 5) is 0. The van der Waals surface area contributed by atoms with Crippen molar-refractivity contribution in [1.82, 2.24) is 5.32 Å². The highest BCUT2D eigenvalue weighted by Gasteiger charge is 1.93. The second kappa shape index (κ2) is 11.0. The third-order valence-corrected chi connectivity index (χ3v) is 1.88. The molecule has 0 aromatic rings. The van der Waals surface area contributed by atoms with Crippen molar-refractivity contribution in [3.8, 4) is 0 Å². The second-order valence-corrected chi connectivity index (χ2v) is 3.76. The first-order valence-corrected chi connectivity index (χ1v) is 5.63. The number of likely N-dealkylation sites (N-methyl/N-ethyl adjacent to an activating group) is 1. The highest BCUT2D eigenvalue weighted by atomic mass is 16.5. The molecule has 0 heterocycles. The molecule has 1 N–H and O–H groups in total. The van der Waals surface area contributed by atoms with E-state index in [9.17, 15) is 0 Å². The fourth-order valence-electron chi connectivity index (χ4n) is 0.962. The minimum atomic E-state index is 0.712. The zero-order valence-electron chi connectivity index (χ0n) is 9.84. The largest absolute Gasteiger partial charge is 0.379 e. The van der Waals surface area contributed by atoms with Crippen LogP contribution in [0.4, 0.5) is 0 Å². The summed E-state index contributed by atoms with van der Waals surface area (Å²) in [6, 6.07) is 0. The summed E-state index contributed by atoms with van der Waals surface area (Å²) in [6.45, 7) is 11.5. The highest BCUT2D eigenvalue weighted by Crippen LogP contribution is 1.98. The molecule has 0 bridgehead atoms. The van der Waals surface area contributed by atoms with Crippen molar-refractivity contribution in [3.05, 3.63) is 0 Å². The Bertz CT molecular complexity index is 107. The molecule has 0 radical (unpaired) electrons. The maximum Gasteiger partial charge on any atom is 0.0701 e. The van der Waals surface area contributed by atoms with Crippen molar-refractivity contribution in [1.29, 1.82) is 0 Å². The van der Waals surface area contributed by atoms with Gasteiger partial charge in [-0.2, -0.15) is 0 Å². The van der Waals surface area contributed by atoms with Crippen molar-refractivity contribution >= 4 is 0 Å². The SMILES string of the molecule is CCNCCOCCOCCC(C)C. The molecule has 86 valence electrons. The molecule has 0 fully saturated rings. The predicted molar refractivity (Wildman–Crippen MR) is 59.6 cm³/mol. The quantitative estimate of drug-likeness (QED) is 0.548. The third kappa shape index (κ3) is 11.9. The van der Waals surface area contributed by atoms with Crippen LogP contribution < -0.4 is 5.32 Å². The minimum absolute atomic E-state index is 0.712. The molecule has 0 amide bonds. The maximum absolute atomic E-state index is 5.41. The number of ether oxygens (including phenoxy) is 2. The van der Waals surface area contributed by atoms with Gasteiger partial charge in [-0.05, 0) is 18.9 Å². The predicted octanol–water partition coefficient (Wildman–Crippen LogP) is 1.68. The van der Waals surface area contributed by atoms with Crippen LogP contribution in [0.3, 0.4) is 0 Å². The van der Waals surface area contributed by atoms with E-state index in [-0.39, 0.29) is 0 Å². The lowest BCUT2D eigenvalue weighted by Crippen LogP contribution is -2.20. The van der Waals surface area contributed by atoms with Gasteiger partial charge in [-0.25, -0.2) is 0 Å². The fourth-order valence-corrected chi connectivity index (χ4v) is 0.962. The van der Waals surface area contributed by atoms with Crippen molar-refractivity contribution < 1.29 is 9.47 Å². The molecule has 3 nitrogen and oxygen atoms in total. The molecule has 0 aliphatic heterocycles. The van der Waals surface area contributed by atoms with Gasteiger partial charge in [0.05, 0.1) is 19.8 Å². The second-order valence-electron chi connectivity index (χ2n) is 3.76. The van der Waals surface area contributed by atoms with Crippen LogP contribution in [0, 0.1) is 5.92 Å².